The third-order valence-electron chi connectivity index (χ3n) is 2.62. The van der Waals surface area contributed by atoms with Gasteiger partial charge in [-0.1, -0.05) is 0 Å². The third kappa shape index (κ3) is 1.88. The first-order valence-corrected chi connectivity index (χ1v) is 6.38. The largest absolute Gasteiger partial charge is 0.366 e. The number of hydrogen-bond donors (Lipinski definition) is 2. The minimum atomic E-state index is -0.264. The highest BCUT2D eigenvalue weighted by Gasteiger charge is 2.06. The monoisotopic (exact) mass is 261 g/mol. The quantitative estimate of drug-likeness (QED) is 0.747. The molecule has 3 aromatic heterocycles. The van der Waals surface area contributed by atoms with Crippen molar-refractivity contribution in [1.29, 1.82) is 0 Å². The second-order valence-corrected chi connectivity index (χ2v) is 4.68. The van der Waals surface area contributed by atoms with Crippen LogP contribution in [-0.4, -0.2) is 19.6 Å². The van der Waals surface area contributed by atoms with Gasteiger partial charge in [0, 0.05) is 12.6 Å². The molecule has 0 aliphatic carbocycles. The van der Waals surface area contributed by atoms with E-state index >= 15 is 0 Å². The van der Waals surface area contributed by atoms with Crippen LogP contribution in [0.15, 0.2) is 27.7 Å². The van der Waals surface area contributed by atoms with Gasteiger partial charge in [0.15, 0.2) is 5.65 Å². The van der Waals surface area contributed by atoms with E-state index in [4.69, 9.17) is 0 Å². The van der Waals surface area contributed by atoms with Gasteiger partial charge in [-0.3, -0.25) is 0 Å². The zero-order chi connectivity index (χ0) is 12.5. The minimum Gasteiger partial charge on any atom is -0.366 e. The average molecular weight is 261 g/mol. The fourth-order valence-corrected chi connectivity index (χ4v) is 2.44. The van der Waals surface area contributed by atoms with Gasteiger partial charge in [-0.2, -0.15) is 16.4 Å². The van der Waals surface area contributed by atoms with Gasteiger partial charge >= 0.3 is 5.69 Å². The lowest BCUT2D eigenvalue weighted by molar-refractivity contribution is 0.931. The Kier molecular flexibility index (Phi) is 2.60. The lowest BCUT2D eigenvalue weighted by atomic mass is 10.3. The Balaban J connectivity index is 1.91. The summed E-state index contributed by atoms with van der Waals surface area (Å²) in [5.41, 5.74) is 1.51. The summed E-state index contributed by atoms with van der Waals surface area (Å²) in [4.78, 5) is 15.8. The Morgan fingerprint density at radius 1 is 1.56 bits per heavy atom. The summed E-state index contributed by atoms with van der Waals surface area (Å²) in [6.45, 7) is 2.49. The second-order valence-electron chi connectivity index (χ2n) is 3.90. The molecule has 0 aliphatic heterocycles. The molecule has 7 heteroatoms. The highest BCUT2D eigenvalue weighted by Crippen LogP contribution is 2.11. The van der Waals surface area contributed by atoms with E-state index in [1.54, 1.807) is 24.3 Å². The summed E-state index contributed by atoms with van der Waals surface area (Å²) in [6, 6.07) is 3.80. The molecule has 2 N–H and O–H groups in total. The third-order valence-corrected chi connectivity index (χ3v) is 3.36. The van der Waals surface area contributed by atoms with Crippen LogP contribution in [0, 0.1) is 6.92 Å². The van der Waals surface area contributed by atoms with Crippen LogP contribution in [0.4, 0.5) is 5.82 Å². The molecule has 0 saturated carbocycles. The maximum Gasteiger partial charge on any atom is 0.349 e. The van der Waals surface area contributed by atoms with Crippen LogP contribution < -0.4 is 11.0 Å². The van der Waals surface area contributed by atoms with Crippen molar-refractivity contribution in [2.24, 2.45) is 0 Å². The number of nitrogens with zero attached hydrogens (tertiary/aromatic N) is 3. The predicted molar refractivity (Wildman–Crippen MR) is 70.0 cm³/mol. The van der Waals surface area contributed by atoms with Gasteiger partial charge in [0.05, 0.1) is 0 Å². The minimum absolute atomic E-state index is 0.264. The summed E-state index contributed by atoms with van der Waals surface area (Å²) in [7, 11) is 0. The van der Waals surface area contributed by atoms with E-state index in [9.17, 15) is 4.79 Å². The van der Waals surface area contributed by atoms with Crippen LogP contribution in [0.5, 0.6) is 0 Å². The summed E-state index contributed by atoms with van der Waals surface area (Å²) in [5, 5.41) is 13.7. The number of aryl methyl sites for hydroxylation is 1. The number of rotatable bonds is 3. The van der Waals surface area contributed by atoms with Crippen LogP contribution in [0.25, 0.3) is 5.65 Å². The van der Waals surface area contributed by atoms with Gasteiger partial charge in [-0.15, -0.1) is 0 Å². The second kappa shape index (κ2) is 4.26. The normalized spacial score (nSPS) is 10.9. The Labute approximate surface area is 106 Å². The first-order chi connectivity index (χ1) is 8.74. The van der Waals surface area contributed by atoms with Crippen molar-refractivity contribution < 1.29 is 0 Å². The summed E-state index contributed by atoms with van der Waals surface area (Å²) in [6.07, 6.45) is 0. The molecule has 18 heavy (non-hydrogen) atoms. The topological polar surface area (TPSA) is 75.1 Å². The maximum atomic E-state index is 11.4. The van der Waals surface area contributed by atoms with E-state index < -0.39 is 0 Å². The molecular formula is C11H11N5OS. The first-order valence-electron chi connectivity index (χ1n) is 5.44. The average Bonchev–Trinajstić information content (AvgIpc) is 2.97. The lowest BCUT2D eigenvalue weighted by Crippen LogP contribution is -2.14. The number of nitrogens with one attached hydrogen (secondary N) is 2. The van der Waals surface area contributed by atoms with E-state index in [0.717, 1.165) is 0 Å². The van der Waals surface area contributed by atoms with E-state index in [2.05, 4.69) is 31.9 Å². The molecule has 3 aromatic rings. The summed E-state index contributed by atoms with van der Waals surface area (Å²) >= 11 is 1.66. The van der Waals surface area contributed by atoms with Crippen molar-refractivity contribution in [3.63, 3.8) is 0 Å². The zero-order valence-corrected chi connectivity index (χ0v) is 10.5. The number of thiophene rings is 1. The molecule has 0 radical (unpaired) electrons. The molecule has 3 rings (SSSR count). The molecule has 3 heterocycles. The molecule has 0 bridgehead atoms. The molecule has 0 unspecified atom stereocenters. The van der Waals surface area contributed by atoms with Crippen molar-refractivity contribution in [2.45, 2.75) is 13.5 Å². The first kappa shape index (κ1) is 11.0. The van der Waals surface area contributed by atoms with E-state index in [-0.39, 0.29) is 5.69 Å². The van der Waals surface area contributed by atoms with Crippen LogP contribution in [0.2, 0.25) is 0 Å². The van der Waals surface area contributed by atoms with Gasteiger partial charge < -0.3 is 5.32 Å². The number of anilines is 1. The number of aromatic amines is 1. The molecular weight excluding hydrogens is 250 g/mol. The highest BCUT2D eigenvalue weighted by atomic mass is 32.1. The SMILES string of the molecule is Cc1nc(NCc2ccsc2)cc2n[nH]c(=O)n12. The highest BCUT2D eigenvalue weighted by molar-refractivity contribution is 7.07. The van der Waals surface area contributed by atoms with Crippen molar-refractivity contribution in [3.05, 3.63) is 44.8 Å². The Bertz CT molecular complexity index is 728. The van der Waals surface area contributed by atoms with Crippen molar-refractivity contribution in [3.8, 4) is 0 Å². The molecule has 0 aliphatic rings. The van der Waals surface area contributed by atoms with Crippen LogP contribution in [0.1, 0.15) is 11.4 Å². The maximum absolute atomic E-state index is 11.4. The van der Waals surface area contributed by atoms with Crippen LogP contribution in [-0.2, 0) is 6.54 Å². The Morgan fingerprint density at radius 2 is 2.44 bits per heavy atom. The van der Waals surface area contributed by atoms with Gasteiger partial charge in [0.2, 0.25) is 0 Å². The Hall–Kier alpha value is -2.15. The van der Waals surface area contributed by atoms with Crippen LogP contribution >= 0.6 is 11.3 Å². The summed E-state index contributed by atoms with van der Waals surface area (Å²) in [5.74, 6) is 1.32. The van der Waals surface area contributed by atoms with Gasteiger partial charge in [-0.05, 0) is 29.3 Å². The molecule has 0 aromatic carbocycles. The van der Waals surface area contributed by atoms with Crippen molar-refractivity contribution in [1.82, 2.24) is 19.6 Å². The van der Waals surface area contributed by atoms with E-state index in [0.29, 0.717) is 23.8 Å². The number of fused-ring (bicyclic) bond motifs is 1. The lowest BCUT2D eigenvalue weighted by Gasteiger charge is -2.05. The standard InChI is InChI=1S/C11H11N5OS/c1-7-13-9(12-5-8-2-3-18-6-8)4-10-14-15-11(17)16(7)10/h2-4,6,12H,5H2,1H3,(H,15,17). The summed E-state index contributed by atoms with van der Waals surface area (Å²) < 4.78 is 1.44. The number of hydrogen-bond acceptors (Lipinski definition) is 5. The molecule has 0 spiro atoms. The van der Waals surface area contributed by atoms with Gasteiger partial charge in [0.25, 0.3) is 0 Å². The molecule has 0 amide bonds. The molecule has 0 atom stereocenters. The fourth-order valence-electron chi connectivity index (χ4n) is 1.77. The van der Waals surface area contributed by atoms with Crippen molar-refractivity contribution >= 4 is 22.8 Å². The number of H-pyrrole nitrogens is 1. The predicted octanol–water partition coefficient (Wildman–Crippen LogP) is 1.40. The van der Waals surface area contributed by atoms with Gasteiger partial charge in [-0.25, -0.2) is 19.3 Å². The number of aromatic nitrogens is 4. The van der Waals surface area contributed by atoms with Crippen LogP contribution in [0.3, 0.4) is 0 Å². The Morgan fingerprint density at radius 3 is 3.22 bits per heavy atom. The zero-order valence-electron chi connectivity index (χ0n) is 9.67. The van der Waals surface area contributed by atoms with Crippen molar-refractivity contribution in [2.75, 3.05) is 5.32 Å². The fraction of sp³-hybridized carbons (Fsp3) is 0.182. The molecule has 6 nitrogen and oxygen atoms in total. The van der Waals surface area contributed by atoms with E-state index in [1.165, 1.54) is 9.96 Å². The smallest absolute Gasteiger partial charge is 0.349 e. The molecule has 92 valence electrons. The van der Waals surface area contributed by atoms with E-state index in [1.807, 2.05) is 5.38 Å². The van der Waals surface area contributed by atoms with Gasteiger partial charge in [0.1, 0.15) is 11.6 Å². The molecule has 0 fully saturated rings. The molecule has 0 saturated heterocycles.